The summed E-state index contributed by atoms with van der Waals surface area (Å²) in [5, 5.41) is 3.48. The summed E-state index contributed by atoms with van der Waals surface area (Å²) >= 11 is 0. The molecule has 0 aromatic rings. The SMILES string of the molecule is C1CCN=C(NC2CCOC2)CC1. The number of nitrogens with zero attached hydrogens (tertiary/aromatic N) is 1. The van der Waals surface area contributed by atoms with Crippen LogP contribution >= 0.6 is 0 Å². The van der Waals surface area contributed by atoms with E-state index in [4.69, 9.17) is 4.74 Å². The molecule has 0 aliphatic carbocycles. The molecule has 2 aliphatic rings. The molecule has 1 atom stereocenters. The molecule has 3 nitrogen and oxygen atoms in total. The highest BCUT2D eigenvalue weighted by atomic mass is 16.5. The molecule has 0 amide bonds. The summed E-state index contributed by atoms with van der Waals surface area (Å²) in [6.45, 7) is 2.78. The topological polar surface area (TPSA) is 33.6 Å². The highest BCUT2D eigenvalue weighted by Crippen LogP contribution is 2.09. The Labute approximate surface area is 79.6 Å². The first-order chi connectivity index (χ1) is 6.45. The van der Waals surface area contributed by atoms with E-state index < -0.39 is 0 Å². The van der Waals surface area contributed by atoms with E-state index in [2.05, 4.69) is 10.3 Å². The predicted molar refractivity (Wildman–Crippen MR) is 53.1 cm³/mol. The van der Waals surface area contributed by atoms with Gasteiger partial charge in [0.1, 0.15) is 0 Å². The van der Waals surface area contributed by atoms with Crippen molar-refractivity contribution < 1.29 is 4.74 Å². The van der Waals surface area contributed by atoms with E-state index in [0.717, 1.165) is 32.6 Å². The van der Waals surface area contributed by atoms with Crippen molar-refractivity contribution >= 4 is 5.84 Å². The molecule has 0 spiro atoms. The average Bonchev–Trinajstić information content (AvgIpc) is 2.49. The molecule has 1 saturated heterocycles. The Bertz CT molecular complexity index is 185. The first kappa shape index (κ1) is 9.00. The van der Waals surface area contributed by atoms with Gasteiger partial charge in [0.25, 0.3) is 0 Å². The minimum Gasteiger partial charge on any atom is -0.379 e. The number of hydrogen-bond acceptors (Lipinski definition) is 3. The molecule has 0 bridgehead atoms. The molecule has 0 radical (unpaired) electrons. The highest BCUT2D eigenvalue weighted by molar-refractivity contribution is 5.82. The first-order valence-electron chi connectivity index (χ1n) is 5.33. The Balaban J connectivity index is 1.81. The summed E-state index contributed by atoms with van der Waals surface area (Å²) in [4.78, 5) is 4.54. The van der Waals surface area contributed by atoms with Crippen molar-refractivity contribution in [2.75, 3.05) is 19.8 Å². The van der Waals surface area contributed by atoms with Gasteiger partial charge in [0.05, 0.1) is 18.5 Å². The summed E-state index contributed by atoms with van der Waals surface area (Å²) in [6, 6.07) is 0.525. The first-order valence-corrected chi connectivity index (χ1v) is 5.33. The second-order valence-corrected chi connectivity index (χ2v) is 3.84. The van der Waals surface area contributed by atoms with E-state index in [1.165, 1.54) is 25.1 Å². The number of aliphatic imine (C=N–C) groups is 1. The van der Waals surface area contributed by atoms with Gasteiger partial charge in [0.15, 0.2) is 0 Å². The molecule has 2 rings (SSSR count). The van der Waals surface area contributed by atoms with Gasteiger partial charge >= 0.3 is 0 Å². The maximum Gasteiger partial charge on any atom is 0.0965 e. The fraction of sp³-hybridized carbons (Fsp3) is 0.900. The fourth-order valence-corrected chi connectivity index (χ4v) is 1.88. The van der Waals surface area contributed by atoms with Gasteiger partial charge in [0, 0.05) is 19.6 Å². The smallest absolute Gasteiger partial charge is 0.0965 e. The lowest BCUT2D eigenvalue weighted by atomic mass is 10.2. The number of amidine groups is 1. The van der Waals surface area contributed by atoms with Gasteiger partial charge in [-0.3, -0.25) is 4.99 Å². The lowest BCUT2D eigenvalue weighted by Gasteiger charge is -2.13. The Morgan fingerprint density at radius 1 is 1.31 bits per heavy atom. The summed E-state index contributed by atoms with van der Waals surface area (Å²) in [6.07, 6.45) is 6.15. The molecular weight excluding hydrogens is 164 g/mol. The molecule has 0 aromatic carbocycles. The average molecular weight is 182 g/mol. The van der Waals surface area contributed by atoms with Crippen LogP contribution in [0, 0.1) is 0 Å². The quantitative estimate of drug-likeness (QED) is 0.664. The van der Waals surface area contributed by atoms with Crippen LogP contribution in [0.1, 0.15) is 32.1 Å². The summed E-state index contributed by atoms with van der Waals surface area (Å²) in [5.74, 6) is 1.22. The van der Waals surface area contributed by atoms with Crippen LogP contribution in [0.3, 0.4) is 0 Å². The van der Waals surface area contributed by atoms with Crippen LogP contribution in [0.4, 0.5) is 0 Å². The standard InChI is InChI=1S/C10H18N2O/c1-2-4-10(11-6-3-1)12-9-5-7-13-8-9/h9H,1-8H2,(H,11,12). The largest absolute Gasteiger partial charge is 0.379 e. The number of hydrogen-bond donors (Lipinski definition) is 1. The second kappa shape index (κ2) is 4.61. The molecule has 0 aromatic heterocycles. The Kier molecular flexibility index (Phi) is 3.19. The summed E-state index contributed by atoms with van der Waals surface area (Å²) < 4.78 is 5.31. The van der Waals surface area contributed by atoms with E-state index in [0.29, 0.717) is 6.04 Å². The third kappa shape index (κ3) is 2.69. The van der Waals surface area contributed by atoms with Crippen LogP contribution in [0.15, 0.2) is 4.99 Å². The van der Waals surface area contributed by atoms with Gasteiger partial charge in [-0.05, 0) is 19.3 Å². The second-order valence-electron chi connectivity index (χ2n) is 3.84. The molecular formula is C10H18N2O. The molecule has 1 N–H and O–H groups in total. The molecule has 2 aliphatic heterocycles. The van der Waals surface area contributed by atoms with Gasteiger partial charge < -0.3 is 10.1 Å². The predicted octanol–water partition coefficient (Wildman–Crippen LogP) is 1.34. The van der Waals surface area contributed by atoms with Crippen LogP contribution in [0.2, 0.25) is 0 Å². The number of ether oxygens (including phenoxy) is 1. The minimum absolute atomic E-state index is 0.525. The maximum atomic E-state index is 5.31. The molecule has 0 saturated carbocycles. The van der Waals surface area contributed by atoms with Crippen LogP contribution in [0.25, 0.3) is 0 Å². The van der Waals surface area contributed by atoms with Crippen molar-refractivity contribution in [3.8, 4) is 0 Å². The summed E-state index contributed by atoms with van der Waals surface area (Å²) in [7, 11) is 0. The lowest BCUT2D eigenvalue weighted by Crippen LogP contribution is -2.34. The van der Waals surface area contributed by atoms with Gasteiger partial charge in [-0.25, -0.2) is 0 Å². The van der Waals surface area contributed by atoms with Crippen LogP contribution in [0.5, 0.6) is 0 Å². The number of rotatable bonds is 1. The van der Waals surface area contributed by atoms with Crippen LogP contribution in [-0.4, -0.2) is 31.6 Å². The van der Waals surface area contributed by atoms with Crippen molar-refractivity contribution in [2.24, 2.45) is 4.99 Å². The zero-order chi connectivity index (χ0) is 8.93. The Morgan fingerprint density at radius 3 is 3.15 bits per heavy atom. The Hall–Kier alpha value is -0.570. The summed E-state index contributed by atoms with van der Waals surface area (Å²) in [5.41, 5.74) is 0. The third-order valence-electron chi connectivity index (χ3n) is 2.67. The van der Waals surface area contributed by atoms with Gasteiger partial charge in [-0.15, -0.1) is 0 Å². The molecule has 13 heavy (non-hydrogen) atoms. The minimum atomic E-state index is 0.525. The zero-order valence-corrected chi connectivity index (χ0v) is 8.09. The van der Waals surface area contributed by atoms with Gasteiger partial charge in [-0.1, -0.05) is 6.42 Å². The van der Waals surface area contributed by atoms with Crippen molar-refractivity contribution in [1.82, 2.24) is 5.32 Å². The van der Waals surface area contributed by atoms with E-state index in [9.17, 15) is 0 Å². The normalized spacial score (nSPS) is 29.5. The van der Waals surface area contributed by atoms with Crippen molar-refractivity contribution in [3.63, 3.8) is 0 Å². The third-order valence-corrected chi connectivity index (χ3v) is 2.67. The monoisotopic (exact) mass is 182 g/mol. The molecule has 1 fully saturated rings. The zero-order valence-electron chi connectivity index (χ0n) is 8.09. The van der Waals surface area contributed by atoms with Gasteiger partial charge in [-0.2, -0.15) is 0 Å². The van der Waals surface area contributed by atoms with Gasteiger partial charge in [0.2, 0.25) is 0 Å². The molecule has 2 heterocycles. The van der Waals surface area contributed by atoms with E-state index in [1.54, 1.807) is 0 Å². The van der Waals surface area contributed by atoms with E-state index >= 15 is 0 Å². The lowest BCUT2D eigenvalue weighted by molar-refractivity contribution is 0.192. The number of nitrogens with one attached hydrogen (secondary N) is 1. The van der Waals surface area contributed by atoms with Crippen LogP contribution in [-0.2, 0) is 4.74 Å². The highest BCUT2D eigenvalue weighted by Gasteiger charge is 2.16. The molecule has 3 heteroatoms. The van der Waals surface area contributed by atoms with Crippen molar-refractivity contribution in [2.45, 2.75) is 38.1 Å². The maximum absolute atomic E-state index is 5.31. The molecule has 1 unspecified atom stereocenters. The Morgan fingerprint density at radius 2 is 2.31 bits per heavy atom. The fourth-order valence-electron chi connectivity index (χ4n) is 1.88. The van der Waals surface area contributed by atoms with Crippen LogP contribution < -0.4 is 5.32 Å². The van der Waals surface area contributed by atoms with Crippen molar-refractivity contribution in [3.05, 3.63) is 0 Å². The molecule has 74 valence electrons. The van der Waals surface area contributed by atoms with E-state index in [-0.39, 0.29) is 0 Å². The van der Waals surface area contributed by atoms with E-state index in [1.807, 2.05) is 0 Å². The van der Waals surface area contributed by atoms with Crippen molar-refractivity contribution in [1.29, 1.82) is 0 Å².